The third-order valence-electron chi connectivity index (χ3n) is 5.55. The van der Waals surface area contributed by atoms with E-state index in [1.807, 2.05) is 13.8 Å². The highest BCUT2D eigenvalue weighted by molar-refractivity contribution is 7.99. The molecule has 1 aliphatic carbocycles. The lowest BCUT2D eigenvalue weighted by molar-refractivity contribution is -0.119. The fourth-order valence-electron chi connectivity index (χ4n) is 3.87. The number of thiophene rings is 1. The molecular formula is C20H27N3O3S2. The van der Waals surface area contributed by atoms with Crippen molar-refractivity contribution >= 4 is 39.2 Å². The number of hydrogen-bond acceptors (Lipinski definition) is 6. The van der Waals surface area contributed by atoms with Gasteiger partial charge in [0, 0.05) is 17.5 Å². The highest BCUT2D eigenvalue weighted by Gasteiger charge is 2.25. The van der Waals surface area contributed by atoms with Gasteiger partial charge in [-0.3, -0.25) is 14.2 Å². The Hall–Kier alpha value is -1.38. The SMILES string of the molecule is CC[C@@H](C)NC(=O)CSc1nc2sc3c(c2c(=O)n1C[C@@H]1CCCO1)CCC3. The highest BCUT2D eigenvalue weighted by atomic mass is 32.2. The molecule has 2 aliphatic rings. The predicted molar refractivity (Wildman–Crippen MR) is 113 cm³/mol. The number of nitrogens with zero attached hydrogens (tertiary/aromatic N) is 2. The molecule has 0 radical (unpaired) electrons. The Morgan fingerprint density at radius 1 is 1.43 bits per heavy atom. The highest BCUT2D eigenvalue weighted by Crippen LogP contribution is 2.35. The van der Waals surface area contributed by atoms with Crippen molar-refractivity contribution in [3.8, 4) is 0 Å². The summed E-state index contributed by atoms with van der Waals surface area (Å²) in [5.74, 6) is 0.241. The van der Waals surface area contributed by atoms with Crippen molar-refractivity contribution in [2.75, 3.05) is 12.4 Å². The Balaban J connectivity index is 1.65. The van der Waals surface area contributed by atoms with Crippen LogP contribution in [0.15, 0.2) is 9.95 Å². The van der Waals surface area contributed by atoms with E-state index < -0.39 is 0 Å². The van der Waals surface area contributed by atoms with Gasteiger partial charge in [0.2, 0.25) is 5.91 Å². The van der Waals surface area contributed by atoms with E-state index >= 15 is 0 Å². The van der Waals surface area contributed by atoms with Gasteiger partial charge in [0.15, 0.2) is 5.16 Å². The molecule has 0 aromatic carbocycles. The van der Waals surface area contributed by atoms with Gasteiger partial charge in [-0.25, -0.2) is 4.98 Å². The maximum absolute atomic E-state index is 13.4. The zero-order chi connectivity index (χ0) is 19.7. The van der Waals surface area contributed by atoms with Gasteiger partial charge in [-0.05, 0) is 51.0 Å². The van der Waals surface area contributed by atoms with E-state index in [1.54, 1.807) is 15.9 Å². The maximum atomic E-state index is 13.4. The van der Waals surface area contributed by atoms with Crippen LogP contribution in [0.2, 0.25) is 0 Å². The van der Waals surface area contributed by atoms with Crippen LogP contribution in [0.25, 0.3) is 10.2 Å². The van der Waals surface area contributed by atoms with E-state index in [-0.39, 0.29) is 29.4 Å². The van der Waals surface area contributed by atoms with E-state index in [1.165, 1.54) is 22.2 Å². The van der Waals surface area contributed by atoms with Gasteiger partial charge in [-0.15, -0.1) is 11.3 Å². The van der Waals surface area contributed by atoms with Crippen molar-refractivity contribution in [2.45, 2.75) is 76.2 Å². The first kappa shape index (κ1) is 19.9. The minimum Gasteiger partial charge on any atom is -0.376 e. The first-order valence-electron chi connectivity index (χ1n) is 10.2. The molecule has 0 unspecified atom stereocenters. The Morgan fingerprint density at radius 2 is 2.29 bits per heavy atom. The van der Waals surface area contributed by atoms with E-state index in [0.29, 0.717) is 11.7 Å². The number of carbonyl (C=O) groups excluding carboxylic acids is 1. The predicted octanol–water partition coefficient (Wildman–Crippen LogP) is 3.13. The molecule has 0 saturated carbocycles. The molecule has 6 nitrogen and oxygen atoms in total. The van der Waals surface area contributed by atoms with Crippen LogP contribution < -0.4 is 10.9 Å². The number of hydrogen-bond donors (Lipinski definition) is 1. The molecular weight excluding hydrogens is 394 g/mol. The van der Waals surface area contributed by atoms with Crippen LogP contribution in [0, 0.1) is 0 Å². The minimum atomic E-state index is -0.0222. The lowest BCUT2D eigenvalue weighted by Crippen LogP contribution is -2.34. The van der Waals surface area contributed by atoms with Crippen molar-refractivity contribution in [3.05, 3.63) is 20.8 Å². The van der Waals surface area contributed by atoms with Crippen LogP contribution in [-0.2, 0) is 28.9 Å². The number of carbonyl (C=O) groups is 1. The average molecular weight is 422 g/mol. The third kappa shape index (κ3) is 4.00. The van der Waals surface area contributed by atoms with Crippen LogP contribution in [-0.4, -0.2) is 40.0 Å². The summed E-state index contributed by atoms with van der Waals surface area (Å²) >= 11 is 3.00. The second kappa shape index (κ2) is 8.55. The smallest absolute Gasteiger partial charge is 0.263 e. The van der Waals surface area contributed by atoms with Crippen LogP contribution in [0.5, 0.6) is 0 Å². The normalized spacial score (nSPS) is 19.9. The van der Waals surface area contributed by atoms with Gasteiger partial charge in [-0.1, -0.05) is 18.7 Å². The number of aryl methyl sites for hydroxylation is 2. The van der Waals surface area contributed by atoms with Crippen molar-refractivity contribution in [1.82, 2.24) is 14.9 Å². The number of ether oxygens (including phenoxy) is 1. The number of fused-ring (bicyclic) bond motifs is 3. The topological polar surface area (TPSA) is 73.2 Å². The van der Waals surface area contributed by atoms with Gasteiger partial charge in [-0.2, -0.15) is 0 Å². The number of thioether (sulfide) groups is 1. The number of nitrogens with one attached hydrogen (secondary N) is 1. The molecule has 1 aliphatic heterocycles. The number of aromatic nitrogens is 2. The maximum Gasteiger partial charge on any atom is 0.263 e. The van der Waals surface area contributed by atoms with Crippen molar-refractivity contribution in [2.24, 2.45) is 0 Å². The lowest BCUT2D eigenvalue weighted by Gasteiger charge is -2.16. The van der Waals surface area contributed by atoms with Gasteiger partial charge >= 0.3 is 0 Å². The summed E-state index contributed by atoms with van der Waals surface area (Å²) in [5, 5.41) is 4.41. The zero-order valence-electron chi connectivity index (χ0n) is 16.5. The molecule has 2 atom stereocenters. The summed E-state index contributed by atoms with van der Waals surface area (Å²) in [6, 6.07) is 0.151. The fraction of sp³-hybridized carbons (Fsp3) is 0.650. The molecule has 3 heterocycles. The Bertz CT molecular complexity index is 931. The van der Waals surface area contributed by atoms with Crippen molar-refractivity contribution < 1.29 is 9.53 Å². The molecule has 0 spiro atoms. The summed E-state index contributed by atoms with van der Waals surface area (Å²) in [6.07, 6.45) is 6.07. The monoisotopic (exact) mass is 421 g/mol. The first-order chi connectivity index (χ1) is 13.6. The van der Waals surface area contributed by atoms with Gasteiger partial charge in [0.1, 0.15) is 4.83 Å². The number of rotatable bonds is 7. The molecule has 0 bridgehead atoms. The number of amides is 1. The summed E-state index contributed by atoms with van der Waals surface area (Å²) in [6.45, 7) is 5.31. The van der Waals surface area contributed by atoms with Crippen molar-refractivity contribution in [1.29, 1.82) is 0 Å². The Labute approximate surface area is 173 Å². The van der Waals surface area contributed by atoms with Crippen LogP contribution in [0.1, 0.15) is 50.0 Å². The molecule has 2 aromatic heterocycles. The molecule has 28 heavy (non-hydrogen) atoms. The van der Waals surface area contributed by atoms with Gasteiger partial charge in [0.25, 0.3) is 5.56 Å². The standard InChI is InChI=1S/C20H27N3O3S2/c1-3-12(2)21-16(24)11-27-20-22-18-17(14-7-4-8-15(14)28-18)19(25)23(20)10-13-6-5-9-26-13/h12-13H,3-11H2,1-2H3,(H,21,24)/t12-,13+/m1/s1. The first-order valence-corrected chi connectivity index (χ1v) is 12.0. The summed E-state index contributed by atoms with van der Waals surface area (Å²) in [4.78, 5) is 32.6. The lowest BCUT2D eigenvalue weighted by atomic mass is 10.2. The molecule has 1 N–H and O–H groups in total. The van der Waals surface area contributed by atoms with Gasteiger partial charge < -0.3 is 10.1 Å². The van der Waals surface area contributed by atoms with E-state index in [2.05, 4.69) is 5.32 Å². The summed E-state index contributed by atoms with van der Waals surface area (Å²) in [7, 11) is 0. The molecule has 1 fully saturated rings. The second-order valence-corrected chi connectivity index (χ2v) is 9.67. The van der Waals surface area contributed by atoms with E-state index in [9.17, 15) is 9.59 Å². The van der Waals surface area contributed by atoms with Crippen LogP contribution in [0.4, 0.5) is 0 Å². The average Bonchev–Trinajstić information content (AvgIpc) is 3.39. The molecule has 2 aromatic rings. The molecule has 1 amide bonds. The molecule has 4 rings (SSSR count). The Morgan fingerprint density at radius 3 is 3.04 bits per heavy atom. The van der Waals surface area contributed by atoms with Crippen LogP contribution in [0.3, 0.4) is 0 Å². The summed E-state index contributed by atoms with van der Waals surface area (Å²) < 4.78 is 7.53. The minimum absolute atomic E-state index is 0.0222. The fourth-order valence-corrected chi connectivity index (χ4v) is 5.99. The van der Waals surface area contributed by atoms with E-state index in [0.717, 1.165) is 55.3 Å². The Kier molecular flexibility index (Phi) is 6.08. The molecule has 152 valence electrons. The molecule has 8 heteroatoms. The quantitative estimate of drug-likeness (QED) is 0.549. The largest absolute Gasteiger partial charge is 0.376 e. The summed E-state index contributed by atoms with van der Waals surface area (Å²) in [5.41, 5.74) is 1.23. The molecule has 1 saturated heterocycles. The van der Waals surface area contributed by atoms with Crippen molar-refractivity contribution in [3.63, 3.8) is 0 Å². The van der Waals surface area contributed by atoms with Gasteiger partial charge in [0.05, 0.1) is 23.8 Å². The van der Waals surface area contributed by atoms with Crippen LogP contribution >= 0.6 is 23.1 Å². The second-order valence-electron chi connectivity index (χ2n) is 7.65. The zero-order valence-corrected chi connectivity index (χ0v) is 18.1. The van der Waals surface area contributed by atoms with E-state index in [4.69, 9.17) is 9.72 Å². The third-order valence-corrected chi connectivity index (χ3v) is 7.71.